The number of rotatable bonds is 10. The van der Waals surface area contributed by atoms with Crippen molar-refractivity contribution in [1.82, 2.24) is 9.88 Å². The monoisotopic (exact) mass is 525 g/mol. The van der Waals surface area contributed by atoms with Gasteiger partial charge in [-0.25, -0.2) is 13.6 Å². The van der Waals surface area contributed by atoms with Crippen LogP contribution in [0.25, 0.3) is 11.1 Å². The molecule has 3 N–H and O–H groups in total. The number of aliphatic carboxylic acids is 1. The molecule has 1 amide bonds. The summed E-state index contributed by atoms with van der Waals surface area (Å²) in [5.74, 6) is -4.69. The number of benzene rings is 2. The molecule has 0 bridgehead atoms. The number of amides is 1. The highest BCUT2D eigenvalue weighted by atomic mass is 19.1. The molecular weight excluding hydrogens is 496 g/mol. The second-order valence-corrected chi connectivity index (χ2v) is 9.05. The maximum atomic E-state index is 14.7. The van der Waals surface area contributed by atoms with Gasteiger partial charge in [0.15, 0.2) is 17.7 Å². The van der Waals surface area contributed by atoms with Crippen molar-refractivity contribution in [1.29, 1.82) is 0 Å². The third-order valence-corrected chi connectivity index (χ3v) is 6.26. The lowest BCUT2D eigenvalue weighted by atomic mass is 9.99. The number of nitrogens with two attached hydrogens (primary N) is 1. The third-order valence-electron chi connectivity index (χ3n) is 6.26. The molecule has 0 radical (unpaired) electrons. The Balaban J connectivity index is 1.69. The Hall–Kier alpha value is -4.05. The van der Waals surface area contributed by atoms with Gasteiger partial charge < -0.3 is 25.2 Å². The van der Waals surface area contributed by atoms with Crippen LogP contribution in [0.2, 0.25) is 0 Å². The topological polar surface area (TPSA) is 115 Å². The van der Waals surface area contributed by atoms with Crippen molar-refractivity contribution in [2.24, 2.45) is 5.73 Å². The van der Waals surface area contributed by atoms with E-state index in [1.165, 1.54) is 0 Å². The lowest BCUT2D eigenvalue weighted by Gasteiger charge is -2.17. The quantitative estimate of drug-likeness (QED) is 0.395. The van der Waals surface area contributed by atoms with Gasteiger partial charge in [-0.3, -0.25) is 4.79 Å². The normalized spacial score (nSPS) is 13.8. The molecule has 10 heteroatoms. The largest absolute Gasteiger partial charge is 0.479 e. The number of carboxylic acids is 1. The number of hydrogen-bond acceptors (Lipinski definition) is 6. The van der Waals surface area contributed by atoms with Crippen molar-refractivity contribution in [2.75, 3.05) is 13.1 Å². The van der Waals surface area contributed by atoms with Crippen LogP contribution in [0.15, 0.2) is 48.5 Å². The molecule has 8 nitrogen and oxygen atoms in total. The molecule has 200 valence electrons. The summed E-state index contributed by atoms with van der Waals surface area (Å²) in [6.07, 6.45) is 0.726. The number of hydrogen-bond donors (Lipinski definition) is 2. The van der Waals surface area contributed by atoms with Crippen LogP contribution in [0.4, 0.5) is 8.78 Å². The van der Waals surface area contributed by atoms with Gasteiger partial charge in [0.1, 0.15) is 5.75 Å². The van der Waals surface area contributed by atoms with Gasteiger partial charge in [0, 0.05) is 25.7 Å². The average molecular weight is 526 g/mol. The lowest BCUT2D eigenvalue weighted by molar-refractivity contribution is -0.145. The fourth-order valence-corrected chi connectivity index (χ4v) is 4.26. The van der Waals surface area contributed by atoms with E-state index in [9.17, 15) is 23.5 Å². The molecule has 0 aliphatic carbocycles. The minimum Gasteiger partial charge on any atom is -0.479 e. The van der Waals surface area contributed by atoms with E-state index in [-0.39, 0.29) is 24.5 Å². The Bertz CT molecular complexity index is 1330. The van der Waals surface area contributed by atoms with Crippen molar-refractivity contribution < 1.29 is 33.0 Å². The van der Waals surface area contributed by atoms with E-state index in [0.717, 1.165) is 24.0 Å². The first-order valence-corrected chi connectivity index (χ1v) is 12.4. The highest BCUT2D eigenvalue weighted by Crippen LogP contribution is 2.32. The molecule has 0 saturated carbocycles. The predicted molar refractivity (Wildman–Crippen MR) is 136 cm³/mol. The first-order chi connectivity index (χ1) is 18.3. The molecule has 1 aliphatic rings. The summed E-state index contributed by atoms with van der Waals surface area (Å²) in [5.41, 5.74) is 8.87. The van der Waals surface area contributed by atoms with Crippen LogP contribution in [0.3, 0.4) is 0 Å². The van der Waals surface area contributed by atoms with Crippen molar-refractivity contribution in [3.8, 4) is 28.6 Å². The highest BCUT2D eigenvalue weighted by molar-refractivity contribution is 5.80. The molecule has 1 fully saturated rings. The van der Waals surface area contributed by atoms with E-state index in [0.29, 0.717) is 36.8 Å². The number of carbonyl (C=O) groups is 2. The maximum Gasteiger partial charge on any atom is 0.344 e. The van der Waals surface area contributed by atoms with Crippen LogP contribution in [0.1, 0.15) is 37.3 Å². The van der Waals surface area contributed by atoms with Gasteiger partial charge in [-0.2, -0.15) is 4.98 Å². The highest BCUT2D eigenvalue weighted by Gasteiger charge is 2.23. The van der Waals surface area contributed by atoms with Crippen molar-refractivity contribution in [3.63, 3.8) is 0 Å². The number of pyridine rings is 1. The molecular formula is C28H29F2N3O5. The van der Waals surface area contributed by atoms with Crippen molar-refractivity contribution in [2.45, 2.75) is 45.3 Å². The third kappa shape index (κ3) is 6.44. The Morgan fingerprint density at radius 1 is 1.03 bits per heavy atom. The predicted octanol–water partition coefficient (Wildman–Crippen LogP) is 4.68. The summed E-state index contributed by atoms with van der Waals surface area (Å²) in [6, 6.07) is 13.2. The first-order valence-electron chi connectivity index (χ1n) is 12.4. The standard InChI is InChI=1S/C28H29F2N3O5/c1-2-24(28(35)36)38-27-23(30)15-22(29)26(32-27)37-21-12-18(13-25(34)33-8-3-4-9-33)11-20(14-21)19-7-5-6-17(10-19)16-31/h5-7,10-12,14-15,24H,2-4,8-9,13,16,31H2,1H3,(H,35,36). The second kappa shape index (κ2) is 12.0. The zero-order valence-electron chi connectivity index (χ0n) is 21.0. The number of aromatic nitrogens is 1. The van der Waals surface area contributed by atoms with Crippen LogP contribution < -0.4 is 15.2 Å². The summed E-state index contributed by atoms with van der Waals surface area (Å²) < 4.78 is 39.8. The van der Waals surface area contributed by atoms with Crippen LogP contribution in [-0.4, -0.2) is 46.1 Å². The maximum absolute atomic E-state index is 14.7. The Labute approximate surface area is 219 Å². The van der Waals surface area contributed by atoms with E-state index in [2.05, 4.69) is 4.98 Å². The van der Waals surface area contributed by atoms with Crippen molar-refractivity contribution >= 4 is 11.9 Å². The Kier molecular flexibility index (Phi) is 8.52. The summed E-state index contributed by atoms with van der Waals surface area (Å²) in [7, 11) is 0. The number of ether oxygens (including phenoxy) is 2. The molecule has 2 heterocycles. The second-order valence-electron chi connectivity index (χ2n) is 9.05. The molecule has 38 heavy (non-hydrogen) atoms. The van der Waals surface area contributed by atoms with E-state index >= 15 is 0 Å². The molecule has 4 rings (SSSR count). The number of likely N-dealkylation sites (tertiary alicyclic amines) is 1. The van der Waals surface area contributed by atoms with Crippen LogP contribution >= 0.6 is 0 Å². The van der Waals surface area contributed by atoms with Gasteiger partial charge in [-0.05, 0) is 59.7 Å². The number of halogens is 2. The van der Waals surface area contributed by atoms with Crippen LogP contribution in [-0.2, 0) is 22.6 Å². The fourth-order valence-electron chi connectivity index (χ4n) is 4.26. The van der Waals surface area contributed by atoms with Crippen molar-refractivity contribution in [3.05, 3.63) is 71.3 Å². The molecule has 0 spiro atoms. The van der Waals surface area contributed by atoms with Crippen LogP contribution in [0, 0.1) is 11.6 Å². The van der Waals surface area contributed by atoms with Gasteiger partial charge in [0.25, 0.3) is 11.8 Å². The molecule has 2 aromatic carbocycles. The van der Waals surface area contributed by atoms with Gasteiger partial charge >= 0.3 is 5.97 Å². The summed E-state index contributed by atoms with van der Waals surface area (Å²) in [5, 5.41) is 9.22. The molecule has 1 atom stereocenters. The van der Waals surface area contributed by atoms with E-state index in [4.69, 9.17) is 15.2 Å². The number of carbonyl (C=O) groups excluding carboxylic acids is 1. The van der Waals surface area contributed by atoms with Gasteiger partial charge in [-0.1, -0.05) is 31.2 Å². The zero-order chi connectivity index (χ0) is 27.2. The van der Waals surface area contributed by atoms with E-state index in [1.54, 1.807) is 24.0 Å². The molecule has 3 aromatic rings. The minimum absolute atomic E-state index is 0.0256. The SMILES string of the molecule is CCC(Oc1nc(Oc2cc(CC(=O)N3CCCC3)cc(-c3cccc(CN)c3)c2)c(F)cc1F)C(=O)O. The molecule has 1 aromatic heterocycles. The van der Waals surface area contributed by atoms with Gasteiger partial charge in [-0.15, -0.1) is 0 Å². The molecule has 1 saturated heterocycles. The minimum atomic E-state index is -1.36. The summed E-state index contributed by atoms with van der Waals surface area (Å²) in [6.45, 7) is 3.31. The number of nitrogens with zero attached hydrogens (tertiary/aromatic N) is 2. The van der Waals surface area contributed by atoms with Crippen LogP contribution in [0.5, 0.6) is 17.5 Å². The smallest absolute Gasteiger partial charge is 0.344 e. The average Bonchev–Trinajstić information content (AvgIpc) is 3.45. The Morgan fingerprint density at radius 2 is 1.74 bits per heavy atom. The van der Waals surface area contributed by atoms with E-state index in [1.807, 2.05) is 30.3 Å². The van der Waals surface area contributed by atoms with Gasteiger partial charge in [0.2, 0.25) is 5.91 Å². The molecule has 1 unspecified atom stereocenters. The zero-order valence-corrected chi connectivity index (χ0v) is 21.0. The summed E-state index contributed by atoms with van der Waals surface area (Å²) in [4.78, 5) is 29.7. The summed E-state index contributed by atoms with van der Waals surface area (Å²) >= 11 is 0. The fraction of sp³-hybridized carbons (Fsp3) is 0.321. The van der Waals surface area contributed by atoms with Gasteiger partial charge in [0.05, 0.1) is 6.42 Å². The first kappa shape index (κ1) is 27.0. The lowest BCUT2D eigenvalue weighted by Crippen LogP contribution is -2.29. The number of carboxylic acid groups (broad SMARTS) is 1. The Morgan fingerprint density at radius 3 is 2.42 bits per heavy atom. The molecule has 1 aliphatic heterocycles. The van der Waals surface area contributed by atoms with E-state index < -0.39 is 35.5 Å².